The monoisotopic (exact) mass is 880 g/mol. The van der Waals surface area contributed by atoms with Crippen molar-refractivity contribution in [2.24, 2.45) is 29.6 Å². The van der Waals surface area contributed by atoms with Crippen LogP contribution < -0.4 is 0 Å². The van der Waals surface area contributed by atoms with Crippen LogP contribution in [0.3, 0.4) is 0 Å². The number of benzene rings is 1. The summed E-state index contributed by atoms with van der Waals surface area (Å²) in [7, 11) is 4.63. The van der Waals surface area contributed by atoms with Crippen molar-refractivity contribution in [3.8, 4) is 0 Å². The summed E-state index contributed by atoms with van der Waals surface area (Å²) >= 11 is 0. The van der Waals surface area contributed by atoms with E-state index in [9.17, 15) is 34.5 Å². The topological polar surface area (TPSA) is 178 Å². The summed E-state index contributed by atoms with van der Waals surface area (Å²) in [5.74, 6) is -7.84. The molecule has 0 radical (unpaired) electrons. The highest BCUT2D eigenvalue weighted by molar-refractivity contribution is 6.39. The lowest BCUT2D eigenvalue weighted by molar-refractivity contribution is -0.302. The lowest BCUT2D eigenvalue weighted by Gasteiger charge is -2.47. The molecule has 13 heteroatoms. The summed E-state index contributed by atoms with van der Waals surface area (Å²) in [4.78, 5) is 58.7. The van der Waals surface area contributed by atoms with Gasteiger partial charge >= 0.3 is 5.97 Å². The molecule has 1 saturated carbocycles. The van der Waals surface area contributed by atoms with E-state index in [1.165, 1.54) is 19.1 Å². The fraction of sp³-hybridized carbons (Fsp3) is 0.680. The first-order chi connectivity index (χ1) is 30.0. The lowest BCUT2D eigenvalue weighted by atomic mass is 9.81. The van der Waals surface area contributed by atoms with Gasteiger partial charge in [0.1, 0.15) is 24.0 Å². The molecule has 350 valence electrons. The number of aliphatic hydroxyl groups excluding tert-OH is 2. The zero-order valence-electron chi connectivity index (χ0n) is 38.7. The number of cyclic esters (lactones) is 1. The molecule has 2 bridgehead atoms. The molecule has 1 amide bonds. The molecule has 1 aromatic rings. The number of aliphatic hydroxyl groups is 3. The summed E-state index contributed by atoms with van der Waals surface area (Å²) in [6.45, 7) is 9.32. The number of ketones is 2. The van der Waals surface area contributed by atoms with Crippen LogP contribution in [0, 0.1) is 29.6 Å². The average Bonchev–Trinajstić information content (AvgIpc) is 3.27. The number of amides is 1. The number of methoxy groups -OCH3 is 3. The summed E-state index contributed by atoms with van der Waals surface area (Å²) in [5.41, 5.74) is 2.61. The molecule has 0 aromatic heterocycles. The van der Waals surface area contributed by atoms with Gasteiger partial charge in [-0.1, -0.05) is 81.0 Å². The van der Waals surface area contributed by atoms with Crippen molar-refractivity contribution >= 4 is 29.5 Å². The summed E-state index contributed by atoms with van der Waals surface area (Å²) < 4.78 is 30.0. The molecule has 3 heterocycles. The number of rotatable bonds is 8. The fourth-order valence-corrected chi connectivity index (χ4v) is 10.2. The molecular weight excluding hydrogens is 807 g/mol. The molecule has 63 heavy (non-hydrogen) atoms. The molecule has 3 fully saturated rings. The van der Waals surface area contributed by atoms with E-state index in [4.69, 9.17) is 23.7 Å². The first-order valence-corrected chi connectivity index (χ1v) is 23.0. The van der Waals surface area contributed by atoms with E-state index in [-0.39, 0.29) is 49.5 Å². The highest BCUT2D eigenvalue weighted by atomic mass is 16.7. The number of ether oxygens (including phenoxy) is 5. The number of nitrogens with zero attached hydrogens (tertiary/aromatic N) is 1. The second kappa shape index (κ2) is 23.1. The second-order valence-electron chi connectivity index (χ2n) is 18.8. The van der Waals surface area contributed by atoms with E-state index in [0.717, 1.165) is 11.1 Å². The molecule has 4 aliphatic rings. The minimum Gasteiger partial charge on any atom is -0.456 e. The molecular formula is C50H73NO12. The molecule has 13 nitrogen and oxygen atoms in total. The first kappa shape index (κ1) is 50.4. The number of esters is 1. The van der Waals surface area contributed by atoms with Crippen LogP contribution in [0.5, 0.6) is 0 Å². The van der Waals surface area contributed by atoms with Crippen molar-refractivity contribution in [2.75, 3.05) is 27.9 Å². The summed E-state index contributed by atoms with van der Waals surface area (Å²) in [5, 5.41) is 34.6. The lowest BCUT2D eigenvalue weighted by Crippen LogP contribution is -2.64. The van der Waals surface area contributed by atoms with Crippen molar-refractivity contribution in [3.05, 3.63) is 65.3 Å². The zero-order valence-corrected chi connectivity index (χ0v) is 38.7. The summed E-state index contributed by atoms with van der Waals surface area (Å²) in [6, 6.07) is 8.67. The number of allylic oxidation sites excluding steroid dienone is 4. The van der Waals surface area contributed by atoms with Gasteiger partial charge < -0.3 is 43.9 Å². The Labute approximate surface area is 374 Å². The van der Waals surface area contributed by atoms with Gasteiger partial charge in [0.05, 0.1) is 30.5 Å². The fourth-order valence-electron chi connectivity index (χ4n) is 10.2. The molecule has 14 atom stereocenters. The van der Waals surface area contributed by atoms with Crippen LogP contribution >= 0.6 is 0 Å². The van der Waals surface area contributed by atoms with Gasteiger partial charge in [0.25, 0.3) is 11.7 Å². The molecule has 0 unspecified atom stereocenters. The summed E-state index contributed by atoms with van der Waals surface area (Å²) in [6.07, 6.45) is 7.13. The Morgan fingerprint density at radius 2 is 1.56 bits per heavy atom. The number of hydrogen-bond acceptors (Lipinski definition) is 12. The number of carbonyl (C=O) groups excluding carboxylic acids is 4. The second-order valence-corrected chi connectivity index (χ2v) is 18.8. The van der Waals surface area contributed by atoms with Crippen molar-refractivity contribution in [2.45, 2.75) is 160 Å². The molecule has 3 N–H and O–H groups in total. The number of hydrogen-bond donors (Lipinski definition) is 3. The number of piperidine rings is 1. The van der Waals surface area contributed by atoms with Crippen LogP contribution in [0.2, 0.25) is 0 Å². The van der Waals surface area contributed by atoms with Crippen molar-refractivity contribution < 1.29 is 58.2 Å². The van der Waals surface area contributed by atoms with Crippen molar-refractivity contribution in [1.82, 2.24) is 4.90 Å². The SMILES string of the molecule is CO[C@H]1C[C@@H](C)C/C(C)=C/[C@@H](C/C=C/c2ccccc2)C(=O)C[C@H](O)[C@@H](C)[C@@H](/C(C)=C/[C@@H]2CC[C@@H](O)[C@H](OC)C2)OC(=O)[C@@H]2CCCCN2C(=O)C(=O)[C@]2(O)O[C@H]1[C@@H](OC)C[C@H]2C. The largest absolute Gasteiger partial charge is 0.456 e. The third-order valence-corrected chi connectivity index (χ3v) is 14.0. The van der Waals surface area contributed by atoms with Gasteiger partial charge in [0.15, 0.2) is 0 Å². The Morgan fingerprint density at radius 3 is 2.24 bits per heavy atom. The minimum atomic E-state index is -2.52. The maximum Gasteiger partial charge on any atom is 0.329 e. The van der Waals surface area contributed by atoms with Gasteiger partial charge in [-0.2, -0.15) is 0 Å². The first-order valence-electron chi connectivity index (χ1n) is 23.0. The number of Topliss-reactive ketones (excluding diaryl/α,β-unsaturated/α-hetero) is 2. The normalized spacial score (nSPS) is 38.3. The average molecular weight is 880 g/mol. The Bertz CT molecular complexity index is 1800. The molecule has 3 aliphatic heterocycles. The Hall–Kier alpha value is -3.56. The van der Waals surface area contributed by atoms with Crippen LogP contribution in [-0.2, 0) is 42.9 Å². The molecule has 5 rings (SSSR count). The van der Waals surface area contributed by atoms with Crippen molar-refractivity contribution in [3.63, 3.8) is 0 Å². The van der Waals surface area contributed by atoms with E-state index < -0.39 is 83.9 Å². The highest BCUT2D eigenvalue weighted by Gasteiger charge is 2.56. The van der Waals surface area contributed by atoms with E-state index >= 15 is 0 Å². The third-order valence-electron chi connectivity index (χ3n) is 14.0. The quantitative estimate of drug-likeness (QED) is 0.154. The van der Waals surface area contributed by atoms with Crippen LogP contribution in [-0.4, -0.2) is 126 Å². The van der Waals surface area contributed by atoms with Crippen LogP contribution in [0.25, 0.3) is 6.08 Å². The minimum absolute atomic E-state index is 0.00759. The zero-order chi connectivity index (χ0) is 46.0. The van der Waals surface area contributed by atoms with Crippen LogP contribution in [0.1, 0.15) is 111 Å². The van der Waals surface area contributed by atoms with E-state index in [2.05, 4.69) is 6.92 Å². The molecule has 1 aliphatic carbocycles. The van der Waals surface area contributed by atoms with Crippen LogP contribution in [0.15, 0.2) is 59.7 Å². The molecule has 1 aromatic carbocycles. The molecule has 2 saturated heterocycles. The van der Waals surface area contributed by atoms with Gasteiger partial charge in [0, 0.05) is 52.0 Å². The van der Waals surface area contributed by atoms with Gasteiger partial charge in [-0.15, -0.1) is 0 Å². The maximum absolute atomic E-state index is 14.5. The highest BCUT2D eigenvalue weighted by Crippen LogP contribution is 2.39. The van der Waals surface area contributed by atoms with Gasteiger partial charge in [0.2, 0.25) is 5.79 Å². The Balaban J connectivity index is 1.55. The predicted octanol–water partition coefficient (Wildman–Crippen LogP) is 6.17. The van der Waals surface area contributed by atoms with Gasteiger partial charge in [-0.3, -0.25) is 14.4 Å². The third kappa shape index (κ3) is 12.6. The Morgan fingerprint density at radius 1 is 0.873 bits per heavy atom. The van der Waals surface area contributed by atoms with Gasteiger partial charge in [-0.25, -0.2) is 4.79 Å². The van der Waals surface area contributed by atoms with Crippen LogP contribution in [0.4, 0.5) is 0 Å². The number of fused-ring (bicyclic) bond motifs is 3. The maximum atomic E-state index is 14.5. The smallest absolute Gasteiger partial charge is 0.329 e. The molecule has 0 spiro atoms. The van der Waals surface area contributed by atoms with Gasteiger partial charge in [-0.05, 0) is 101 Å². The van der Waals surface area contributed by atoms with E-state index in [0.29, 0.717) is 56.9 Å². The standard InChI is InChI=1S/C50H73NO12/c1-30-23-31(2)25-43(60-7)46-44(61-8)27-33(4)50(58,63-46)47(55)48(56)51-22-13-12-19-38(51)49(57)62-45(32(3)26-36-20-21-39(52)42(28-36)59-6)34(5)40(53)29-41(54)37(24-30)18-14-17-35-15-10-9-11-16-35/h9-11,14-17,24,26,31,33-34,36-40,42-46,52-53,58H,12-13,18-23,25,27-29H2,1-8H3/b17-14+,30-24+,32-26+/t31-,33+,34+,36-,37+,38-,39+,40-,42+,43-,44-,45+,46+,50+/m0/s1. The number of carbonyl (C=O) groups is 4. The Kier molecular flexibility index (Phi) is 18.5. The van der Waals surface area contributed by atoms with Crippen molar-refractivity contribution in [1.29, 1.82) is 0 Å². The van der Waals surface area contributed by atoms with E-state index in [1.54, 1.807) is 21.0 Å². The van der Waals surface area contributed by atoms with E-state index in [1.807, 2.05) is 68.5 Å². The predicted molar refractivity (Wildman–Crippen MR) is 238 cm³/mol.